The molecule has 0 bridgehead atoms. The lowest BCUT2D eigenvalue weighted by molar-refractivity contribution is -0.143. The van der Waals surface area contributed by atoms with Crippen LogP contribution in [0.1, 0.15) is 48.0 Å². The highest BCUT2D eigenvalue weighted by Gasteiger charge is 2.43. The molecule has 0 radical (unpaired) electrons. The van der Waals surface area contributed by atoms with Crippen LogP contribution < -0.4 is 10.2 Å². The molecular weight excluding hydrogens is 340 g/mol. The van der Waals surface area contributed by atoms with Crippen molar-refractivity contribution in [2.45, 2.75) is 65.1 Å². The molecule has 1 N–H and O–H groups in total. The second kappa shape index (κ2) is 7.41. The number of nitrogens with zero attached hydrogens (tertiary/aromatic N) is 5. The molecule has 0 saturated carbocycles. The first-order valence-corrected chi connectivity index (χ1v) is 9.13. The Morgan fingerprint density at radius 3 is 2.64 bits per heavy atom. The lowest BCUT2D eigenvalue weighted by atomic mass is 9.90. The Hall–Kier alpha value is -1.47. The summed E-state index contributed by atoms with van der Waals surface area (Å²) in [4.78, 5) is 29.1. The van der Waals surface area contributed by atoms with Crippen LogP contribution in [0.3, 0.4) is 0 Å². The van der Waals surface area contributed by atoms with Crippen LogP contribution in [-0.4, -0.2) is 62.5 Å². The summed E-state index contributed by atoms with van der Waals surface area (Å²) in [6.45, 7) is 14.3. The molecule has 8 heteroatoms. The summed E-state index contributed by atoms with van der Waals surface area (Å²) < 4.78 is 0. The van der Waals surface area contributed by atoms with Crippen molar-refractivity contribution in [3.05, 3.63) is 11.6 Å². The predicted molar refractivity (Wildman–Crippen MR) is 99.8 cm³/mol. The van der Waals surface area contributed by atoms with Crippen LogP contribution in [0.2, 0.25) is 5.28 Å². The van der Waals surface area contributed by atoms with Crippen LogP contribution in [0.5, 0.6) is 0 Å². The summed E-state index contributed by atoms with van der Waals surface area (Å²) in [5.41, 5.74) is -0.700. The van der Waals surface area contributed by atoms with E-state index in [1.807, 2.05) is 18.7 Å². The fraction of sp³-hybridized carbons (Fsp3) is 0.765. The van der Waals surface area contributed by atoms with Crippen molar-refractivity contribution in [1.29, 1.82) is 0 Å². The van der Waals surface area contributed by atoms with Gasteiger partial charge in [-0.15, -0.1) is 0 Å². The van der Waals surface area contributed by atoms with Crippen LogP contribution in [-0.2, 0) is 4.79 Å². The predicted octanol–water partition coefficient (Wildman–Crippen LogP) is 2.12. The maximum atomic E-state index is 12.8. The molecule has 7 nitrogen and oxygen atoms in total. The fourth-order valence-corrected chi connectivity index (χ4v) is 3.56. The van der Waals surface area contributed by atoms with Crippen LogP contribution >= 0.6 is 11.6 Å². The van der Waals surface area contributed by atoms with Gasteiger partial charge in [0, 0.05) is 31.2 Å². The summed E-state index contributed by atoms with van der Waals surface area (Å²) >= 11 is 5.92. The Bertz CT molecular complexity index is 621. The molecule has 1 aromatic rings. The van der Waals surface area contributed by atoms with Crippen molar-refractivity contribution < 1.29 is 4.79 Å². The minimum absolute atomic E-state index is 0.115. The van der Waals surface area contributed by atoms with Gasteiger partial charge in [0.1, 0.15) is 6.33 Å². The van der Waals surface area contributed by atoms with Gasteiger partial charge in [-0.2, -0.15) is 4.98 Å². The largest absolute Gasteiger partial charge is 0.338 e. The number of halogens is 1. The summed E-state index contributed by atoms with van der Waals surface area (Å²) in [7, 11) is 0. The molecule has 1 atom stereocenters. The van der Waals surface area contributed by atoms with Gasteiger partial charge in [0.25, 0.3) is 0 Å². The lowest BCUT2D eigenvalue weighted by Crippen LogP contribution is -2.70. The number of anilines is 1. The molecule has 0 spiro atoms. The molecule has 1 unspecified atom stereocenters. The smallest absolute Gasteiger partial charge is 0.242 e. The first-order chi connectivity index (χ1) is 11.6. The van der Waals surface area contributed by atoms with Gasteiger partial charge in [0.2, 0.25) is 17.1 Å². The van der Waals surface area contributed by atoms with E-state index in [0.717, 1.165) is 6.42 Å². The van der Waals surface area contributed by atoms with E-state index < -0.39 is 5.54 Å². The number of carbonyl (C=O) groups is 1. The lowest BCUT2D eigenvalue weighted by Gasteiger charge is -2.47. The molecule has 1 saturated heterocycles. The third kappa shape index (κ3) is 4.79. The summed E-state index contributed by atoms with van der Waals surface area (Å²) in [6.07, 6.45) is 2.36. The Kier molecular flexibility index (Phi) is 5.89. The first-order valence-electron chi connectivity index (χ1n) is 8.75. The van der Waals surface area contributed by atoms with Gasteiger partial charge < -0.3 is 9.80 Å². The molecule has 1 aliphatic rings. The molecule has 2 heterocycles. The zero-order valence-corrected chi connectivity index (χ0v) is 16.8. The number of piperazine rings is 1. The number of carbonyl (C=O) groups excluding carboxylic acids is 1. The highest BCUT2D eigenvalue weighted by Crippen LogP contribution is 2.23. The zero-order valence-electron chi connectivity index (χ0n) is 16.0. The number of aromatic nitrogens is 3. The molecular formula is C17H29ClN6O. The van der Waals surface area contributed by atoms with Crippen molar-refractivity contribution in [3.63, 3.8) is 0 Å². The van der Waals surface area contributed by atoms with Gasteiger partial charge in [-0.25, -0.2) is 9.97 Å². The monoisotopic (exact) mass is 368 g/mol. The van der Waals surface area contributed by atoms with E-state index in [0.29, 0.717) is 25.6 Å². The molecule has 1 aliphatic heterocycles. The number of rotatable bonds is 6. The van der Waals surface area contributed by atoms with E-state index >= 15 is 0 Å². The highest BCUT2D eigenvalue weighted by atomic mass is 35.5. The van der Waals surface area contributed by atoms with Crippen molar-refractivity contribution in [3.8, 4) is 0 Å². The molecule has 0 aromatic carbocycles. The van der Waals surface area contributed by atoms with Crippen LogP contribution in [0.4, 0.5) is 5.95 Å². The molecule has 25 heavy (non-hydrogen) atoms. The molecule has 0 aliphatic carbocycles. The van der Waals surface area contributed by atoms with Crippen molar-refractivity contribution >= 4 is 23.5 Å². The van der Waals surface area contributed by atoms with Gasteiger partial charge in [-0.05, 0) is 52.6 Å². The van der Waals surface area contributed by atoms with Crippen LogP contribution in [0.25, 0.3) is 0 Å². The zero-order chi connectivity index (χ0) is 18.8. The number of hydrogen-bond donors (Lipinski definition) is 1. The minimum Gasteiger partial charge on any atom is -0.338 e. The standard InChI is InChI=1S/C17H29ClN6O/c1-7-12(2)24(15-20-11-19-14(18)21-15)9-8-23-10-16(3,4)22-17(5,6)13(23)25/h11-12,22H,7-10H2,1-6H3. The van der Waals surface area contributed by atoms with Gasteiger partial charge in [-0.1, -0.05) is 6.92 Å². The van der Waals surface area contributed by atoms with E-state index in [1.165, 1.54) is 6.33 Å². The number of hydrogen-bond acceptors (Lipinski definition) is 6. The summed E-state index contributed by atoms with van der Waals surface area (Å²) in [5.74, 6) is 0.667. The van der Waals surface area contributed by atoms with Crippen molar-refractivity contribution in [1.82, 2.24) is 25.2 Å². The van der Waals surface area contributed by atoms with Crippen LogP contribution in [0, 0.1) is 0 Å². The Balaban J connectivity index is 2.16. The van der Waals surface area contributed by atoms with E-state index in [2.05, 4.69) is 52.9 Å². The summed E-state index contributed by atoms with van der Waals surface area (Å²) in [5, 5.41) is 3.60. The van der Waals surface area contributed by atoms with E-state index in [9.17, 15) is 4.79 Å². The van der Waals surface area contributed by atoms with Crippen molar-refractivity contribution in [2.24, 2.45) is 0 Å². The molecule has 2 rings (SSSR count). The maximum absolute atomic E-state index is 12.8. The number of nitrogens with one attached hydrogen (secondary N) is 1. The average Bonchev–Trinajstić information content (AvgIpc) is 2.50. The Morgan fingerprint density at radius 1 is 1.36 bits per heavy atom. The van der Waals surface area contributed by atoms with Crippen LogP contribution in [0.15, 0.2) is 6.33 Å². The fourth-order valence-electron chi connectivity index (χ4n) is 3.44. The third-order valence-corrected chi connectivity index (χ3v) is 4.76. The maximum Gasteiger partial charge on any atom is 0.242 e. The van der Waals surface area contributed by atoms with Gasteiger partial charge in [0.15, 0.2) is 0 Å². The Morgan fingerprint density at radius 2 is 2.04 bits per heavy atom. The molecule has 140 valence electrons. The summed E-state index contributed by atoms with van der Waals surface area (Å²) in [6, 6.07) is 0.234. The van der Waals surface area contributed by atoms with Gasteiger partial charge in [-0.3, -0.25) is 10.1 Å². The average molecular weight is 369 g/mol. The minimum atomic E-state index is -0.570. The Labute approximate surface area is 155 Å². The second-order valence-corrected chi connectivity index (χ2v) is 8.20. The third-order valence-electron chi connectivity index (χ3n) is 4.58. The molecule has 1 fully saturated rings. The molecule has 1 aromatic heterocycles. The topological polar surface area (TPSA) is 74.2 Å². The second-order valence-electron chi connectivity index (χ2n) is 7.87. The first kappa shape index (κ1) is 19.8. The van der Waals surface area contributed by atoms with Crippen molar-refractivity contribution in [2.75, 3.05) is 24.5 Å². The van der Waals surface area contributed by atoms with E-state index in [1.54, 1.807) is 0 Å². The van der Waals surface area contributed by atoms with E-state index in [-0.39, 0.29) is 22.8 Å². The molecule has 1 amide bonds. The normalized spacial score (nSPS) is 20.4. The van der Waals surface area contributed by atoms with Gasteiger partial charge in [0.05, 0.1) is 5.54 Å². The SMILES string of the molecule is CCC(C)N(CCN1CC(C)(C)NC(C)(C)C1=O)c1ncnc(Cl)n1. The quantitative estimate of drug-likeness (QED) is 0.829. The van der Waals surface area contributed by atoms with E-state index in [4.69, 9.17) is 11.6 Å². The van der Waals surface area contributed by atoms with Gasteiger partial charge >= 0.3 is 0 Å². The number of amides is 1. The highest BCUT2D eigenvalue weighted by molar-refractivity contribution is 6.28.